The van der Waals surface area contributed by atoms with Crippen molar-refractivity contribution in [3.63, 3.8) is 0 Å². The molecule has 1 heterocycles. The van der Waals surface area contributed by atoms with Crippen LogP contribution in [0.2, 0.25) is 0 Å². The average Bonchev–Trinajstić information content (AvgIpc) is 2.97. The summed E-state index contributed by atoms with van der Waals surface area (Å²) in [7, 11) is 0. The molecule has 1 N–H and O–H groups in total. The van der Waals surface area contributed by atoms with Crippen molar-refractivity contribution >= 4 is 17.2 Å². The van der Waals surface area contributed by atoms with Crippen LogP contribution in [-0.4, -0.2) is 12.0 Å². The fourth-order valence-corrected chi connectivity index (χ4v) is 2.36. The van der Waals surface area contributed by atoms with Crippen molar-refractivity contribution in [2.75, 3.05) is 0 Å². The number of amides is 1. The van der Waals surface area contributed by atoms with Gasteiger partial charge in [-0.25, -0.2) is 4.39 Å². The molecule has 2 rings (SSSR count). The van der Waals surface area contributed by atoms with Crippen LogP contribution < -0.4 is 10.1 Å². The van der Waals surface area contributed by atoms with Gasteiger partial charge in [-0.2, -0.15) is 0 Å². The van der Waals surface area contributed by atoms with Crippen LogP contribution in [0.5, 0.6) is 5.75 Å². The fraction of sp³-hybridized carbons (Fsp3) is 0.267. The van der Waals surface area contributed by atoms with E-state index in [1.807, 2.05) is 24.4 Å². The Labute approximate surface area is 121 Å². The van der Waals surface area contributed by atoms with E-state index in [-0.39, 0.29) is 11.7 Å². The van der Waals surface area contributed by atoms with E-state index in [4.69, 9.17) is 4.74 Å². The summed E-state index contributed by atoms with van der Waals surface area (Å²) < 4.78 is 18.9. The smallest absolute Gasteiger partial charge is 0.261 e. The molecular weight excluding hydrogens is 277 g/mol. The Kier molecular flexibility index (Phi) is 5.12. The van der Waals surface area contributed by atoms with Gasteiger partial charge in [0.25, 0.3) is 5.91 Å². The van der Waals surface area contributed by atoms with Crippen LogP contribution in [0.15, 0.2) is 41.8 Å². The predicted octanol–water partition coefficient (Wildman–Crippen LogP) is 3.36. The summed E-state index contributed by atoms with van der Waals surface area (Å²) >= 11 is 1.58. The normalized spacial score (nSPS) is 11.9. The number of carbonyl (C=O) groups is 1. The van der Waals surface area contributed by atoms with Crippen molar-refractivity contribution in [2.45, 2.75) is 26.0 Å². The lowest BCUT2D eigenvalue weighted by Gasteiger charge is -2.17. The molecule has 0 spiro atoms. The second-order valence-corrected chi connectivity index (χ2v) is 5.27. The maximum absolute atomic E-state index is 13.5. The van der Waals surface area contributed by atoms with Crippen molar-refractivity contribution in [3.8, 4) is 5.75 Å². The van der Waals surface area contributed by atoms with Crippen molar-refractivity contribution in [2.24, 2.45) is 0 Å². The molecule has 106 valence electrons. The minimum Gasteiger partial charge on any atom is -0.478 e. The van der Waals surface area contributed by atoms with Gasteiger partial charge in [-0.1, -0.05) is 25.1 Å². The molecule has 0 radical (unpaired) electrons. The van der Waals surface area contributed by atoms with Gasteiger partial charge >= 0.3 is 0 Å². The Hall–Kier alpha value is -1.88. The summed E-state index contributed by atoms with van der Waals surface area (Å²) in [5.74, 6) is -0.591. The van der Waals surface area contributed by atoms with Crippen LogP contribution >= 0.6 is 11.3 Å². The third-order valence-corrected chi connectivity index (χ3v) is 3.66. The molecule has 0 fully saturated rings. The molecule has 1 aromatic carbocycles. The molecule has 1 amide bonds. The molecule has 0 aliphatic carbocycles. The zero-order valence-corrected chi connectivity index (χ0v) is 12.0. The molecule has 1 unspecified atom stereocenters. The Morgan fingerprint density at radius 1 is 1.35 bits per heavy atom. The molecule has 0 saturated carbocycles. The summed E-state index contributed by atoms with van der Waals surface area (Å²) in [5.41, 5.74) is 0. The van der Waals surface area contributed by atoms with E-state index >= 15 is 0 Å². The topological polar surface area (TPSA) is 38.3 Å². The molecular formula is C15H16FNO2S. The average molecular weight is 293 g/mol. The molecule has 20 heavy (non-hydrogen) atoms. The highest BCUT2D eigenvalue weighted by Crippen LogP contribution is 2.18. The number of nitrogens with one attached hydrogen (secondary N) is 1. The summed E-state index contributed by atoms with van der Waals surface area (Å²) in [6.07, 6.45) is -0.211. The highest BCUT2D eigenvalue weighted by Gasteiger charge is 2.19. The van der Waals surface area contributed by atoms with E-state index < -0.39 is 11.9 Å². The van der Waals surface area contributed by atoms with E-state index in [0.717, 1.165) is 4.88 Å². The van der Waals surface area contributed by atoms with Gasteiger partial charge < -0.3 is 10.1 Å². The first-order valence-corrected chi connectivity index (χ1v) is 7.30. The molecule has 0 aliphatic heterocycles. The zero-order valence-electron chi connectivity index (χ0n) is 11.1. The highest BCUT2D eigenvalue weighted by molar-refractivity contribution is 7.09. The number of halogens is 1. The number of benzene rings is 1. The van der Waals surface area contributed by atoms with E-state index in [2.05, 4.69) is 5.32 Å². The summed E-state index contributed by atoms with van der Waals surface area (Å²) in [6.45, 7) is 2.30. The third-order valence-electron chi connectivity index (χ3n) is 2.79. The van der Waals surface area contributed by atoms with Gasteiger partial charge in [-0.15, -0.1) is 11.3 Å². The first kappa shape index (κ1) is 14.5. The lowest BCUT2D eigenvalue weighted by molar-refractivity contribution is -0.128. The van der Waals surface area contributed by atoms with E-state index in [9.17, 15) is 9.18 Å². The van der Waals surface area contributed by atoms with Crippen LogP contribution in [0.1, 0.15) is 18.2 Å². The minimum absolute atomic E-state index is 0.102. The second kappa shape index (κ2) is 7.05. The maximum Gasteiger partial charge on any atom is 0.261 e. The number of rotatable bonds is 6. The Morgan fingerprint density at radius 2 is 2.15 bits per heavy atom. The first-order valence-electron chi connectivity index (χ1n) is 6.42. The van der Waals surface area contributed by atoms with Crippen molar-refractivity contribution in [3.05, 3.63) is 52.5 Å². The summed E-state index contributed by atoms with van der Waals surface area (Å²) in [4.78, 5) is 13.1. The van der Waals surface area contributed by atoms with E-state index in [0.29, 0.717) is 13.0 Å². The van der Waals surface area contributed by atoms with Crippen LogP contribution in [0, 0.1) is 5.82 Å². The molecule has 1 atom stereocenters. The van der Waals surface area contributed by atoms with Crippen molar-refractivity contribution in [1.82, 2.24) is 5.32 Å². The lowest BCUT2D eigenvalue weighted by atomic mass is 10.2. The second-order valence-electron chi connectivity index (χ2n) is 4.24. The summed E-state index contributed by atoms with van der Waals surface area (Å²) in [6, 6.07) is 9.97. The van der Waals surface area contributed by atoms with Gasteiger partial charge in [0.1, 0.15) is 0 Å². The lowest BCUT2D eigenvalue weighted by Crippen LogP contribution is -2.37. The number of hydrogen-bond donors (Lipinski definition) is 1. The summed E-state index contributed by atoms with van der Waals surface area (Å²) in [5, 5.41) is 4.75. The molecule has 5 heteroatoms. The largest absolute Gasteiger partial charge is 0.478 e. The van der Waals surface area contributed by atoms with Crippen LogP contribution in [0.3, 0.4) is 0 Å². The van der Waals surface area contributed by atoms with Gasteiger partial charge in [0.05, 0.1) is 6.54 Å². The van der Waals surface area contributed by atoms with Gasteiger partial charge in [0.15, 0.2) is 17.7 Å². The standard InChI is InChI=1S/C15H16FNO2S/c1-2-13(19-14-8-4-3-7-12(14)16)15(18)17-10-11-6-5-9-20-11/h3-9,13H,2,10H2,1H3,(H,17,18). The number of thiophene rings is 1. The number of para-hydroxylation sites is 1. The van der Waals surface area contributed by atoms with Crippen molar-refractivity contribution in [1.29, 1.82) is 0 Å². The molecule has 0 saturated heterocycles. The quantitative estimate of drug-likeness (QED) is 0.887. The molecule has 1 aromatic heterocycles. The molecule has 0 bridgehead atoms. The van der Waals surface area contributed by atoms with Gasteiger partial charge in [-0.3, -0.25) is 4.79 Å². The van der Waals surface area contributed by atoms with Crippen molar-refractivity contribution < 1.29 is 13.9 Å². The van der Waals surface area contributed by atoms with Crippen LogP contribution in [-0.2, 0) is 11.3 Å². The number of ether oxygens (including phenoxy) is 1. The highest BCUT2D eigenvalue weighted by atomic mass is 32.1. The Balaban J connectivity index is 1.94. The maximum atomic E-state index is 13.5. The SMILES string of the molecule is CCC(Oc1ccccc1F)C(=O)NCc1cccs1. The fourth-order valence-electron chi connectivity index (χ4n) is 1.72. The van der Waals surface area contributed by atoms with Crippen LogP contribution in [0.25, 0.3) is 0 Å². The van der Waals surface area contributed by atoms with Crippen LogP contribution in [0.4, 0.5) is 4.39 Å². The predicted molar refractivity (Wildman–Crippen MR) is 77.3 cm³/mol. The Morgan fingerprint density at radius 3 is 2.80 bits per heavy atom. The molecule has 3 nitrogen and oxygen atoms in total. The number of carbonyl (C=O) groups excluding carboxylic acids is 1. The zero-order chi connectivity index (χ0) is 14.4. The first-order chi connectivity index (χ1) is 9.70. The Bertz CT molecular complexity index is 557. The van der Waals surface area contributed by atoms with E-state index in [1.165, 1.54) is 12.1 Å². The van der Waals surface area contributed by atoms with Gasteiger partial charge in [-0.05, 0) is 30.0 Å². The number of hydrogen-bond acceptors (Lipinski definition) is 3. The third kappa shape index (κ3) is 3.81. The molecule has 0 aliphatic rings. The minimum atomic E-state index is -0.688. The molecule has 2 aromatic rings. The van der Waals surface area contributed by atoms with Gasteiger partial charge in [0, 0.05) is 4.88 Å². The monoisotopic (exact) mass is 293 g/mol. The van der Waals surface area contributed by atoms with Gasteiger partial charge in [0.2, 0.25) is 0 Å². The van der Waals surface area contributed by atoms with E-state index in [1.54, 1.807) is 23.5 Å².